The van der Waals surface area contributed by atoms with E-state index in [1.165, 1.54) is 0 Å². The Labute approximate surface area is 66.1 Å². The van der Waals surface area contributed by atoms with Gasteiger partial charge in [-0.3, -0.25) is 4.57 Å². The van der Waals surface area contributed by atoms with Gasteiger partial charge in [0.15, 0.2) is 0 Å². The highest BCUT2D eigenvalue weighted by Gasteiger charge is 1.96. The molecule has 0 fully saturated rings. The zero-order valence-corrected chi connectivity index (χ0v) is 7.05. The predicted octanol–water partition coefficient (Wildman–Crippen LogP) is 1.28. The molecule has 0 aliphatic heterocycles. The highest BCUT2D eigenvalue weighted by Crippen LogP contribution is 1.93. The first-order valence-electron chi connectivity index (χ1n) is 4.00. The topological polar surface area (TPSA) is 37.8 Å². The van der Waals surface area contributed by atoms with E-state index in [4.69, 9.17) is 0 Å². The summed E-state index contributed by atoms with van der Waals surface area (Å²) in [6.45, 7) is 4.84. The molecule has 0 unspecified atom stereocenters. The number of aromatic amines is 1. The molecule has 0 saturated heterocycles. The minimum atomic E-state index is 0.0101. The highest BCUT2D eigenvalue weighted by molar-refractivity contribution is 4.92. The zero-order chi connectivity index (χ0) is 8.27. The van der Waals surface area contributed by atoms with Crippen LogP contribution in [0.3, 0.4) is 0 Å². The van der Waals surface area contributed by atoms with Crippen molar-refractivity contribution in [1.82, 2.24) is 9.55 Å². The van der Waals surface area contributed by atoms with Gasteiger partial charge in [0, 0.05) is 18.4 Å². The van der Waals surface area contributed by atoms with E-state index in [0.717, 1.165) is 25.1 Å². The quantitative estimate of drug-likeness (QED) is 0.699. The molecule has 1 aromatic heterocycles. The summed E-state index contributed by atoms with van der Waals surface area (Å²) < 4.78 is 1.72. The number of imidazole rings is 1. The van der Waals surface area contributed by atoms with Crippen molar-refractivity contribution in [1.29, 1.82) is 0 Å². The van der Waals surface area contributed by atoms with Gasteiger partial charge in [0.05, 0.1) is 0 Å². The van der Waals surface area contributed by atoms with Gasteiger partial charge >= 0.3 is 5.69 Å². The first-order valence-corrected chi connectivity index (χ1v) is 4.00. The molecule has 62 valence electrons. The Morgan fingerprint density at radius 1 is 1.64 bits per heavy atom. The summed E-state index contributed by atoms with van der Waals surface area (Å²) in [5, 5.41) is 0. The summed E-state index contributed by atoms with van der Waals surface area (Å²) in [5.74, 6) is 0. The van der Waals surface area contributed by atoms with Crippen LogP contribution >= 0.6 is 0 Å². The minimum absolute atomic E-state index is 0.0101. The number of aryl methyl sites for hydroxylation is 2. The summed E-state index contributed by atoms with van der Waals surface area (Å²) in [5.41, 5.74) is 0.946. The van der Waals surface area contributed by atoms with Crippen LogP contribution in [-0.4, -0.2) is 9.55 Å². The van der Waals surface area contributed by atoms with Gasteiger partial charge in [0.2, 0.25) is 0 Å². The fourth-order valence-electron chi connectivity index (χ4n) is 1.06. The van der Waals surface area contributed by atoms with Gasteiger partial charge in [0.1, 0.15) is 0 Å². The smallest absolute Gasteiger partial charge is 0.310 e. The standard InChI is InChI=1S/C8H14N2O/c1-3-4-5-10-6-7(2)9-8(10)11/h6H,3-5H2,1-2H3,(H,9,11). The fraction of sp³-hybridized carbons (Fsp3) is 0.625. The summed E-state index contributed by atoms with van der Waals surface area (Å²) in [6.07, 6.45) is 4.05. The Morgan fingerprint density at radius 3 is 2.82 bits per heavy atom. The number of H-pyrrole nitrogens is 1. The molecule has 1 rings (SSSR count). The predicted molar refractivity (Wildman–Crippen MR) is 44.7 cm³/mol. The number of unbranched alkanes of at least 4 members (excludes halogenated alkanes) is 1. The van der Waals surface area contributed by atoms with Crippen LogP contribution in [0.1, 0.15) is 25.5 Å². The molecule has 11 heavy (non-hydrogen) atoms. The number of aromatic nitrogens is 2. The van der Waals surface area contributed by atoms with Crippen LogP contribution in [0.2, 0.25) is 0 Å². The third-order valence-corrected chi connectivity index (χ3v) is 1.67. The van der Waals surface area contributed by atoms with E-state index in [1.54, 1.807) is 4.57 Å². The Kier molecular flexibility index (Phi) is 2.52. The summed E-state index contributed by atoms with van der Waals surface area (Å²) in [7, 11) is 0. The molecular weight excluding hydrogens is 140 g/mol. The van der Waals surface area contributed by atoms with Gasteiger partial charge in [-0.25, -0.2) is 4.79 Å². The fourth-order valence-corrected chi connectivity index (χ4v) is 1.06. The summed E-state index contributed by atoms with van der Waals surface area (Å²) in [4.78, 5) is 13.8. The lowest BCUT2D eigenvalue weighted by Crippen LogP contribution is -2.15. The number of hydrogen-bond donors (Lipinski definition) is 1. The molecule has 3 heteroatoms. The lowest BCUT2D eigenvalue weighted by atomic mass is 10.3. The third kappa shape index (κ3) is 1.97. The van der Waals surface area contributed by atoms with Crippen LogP contribution in [0.4, 0.5) is 0 Å². The summed E-state index contributed by atoms with van der Waals surface area (Å²) in [6, 6.07) is 0. The van der Waals surface area contributed by atoms with Crippen LogP contribution < -0.4 is 5.69 Å². The molecule has 0 spiro atoms. The molecule has 0 aliphatic rings. The van der Waals surface area contributed by atoms with Gasteiger partial charge < -0.3 is 4.98 Å². The van der Waals surface area contributed by atoms with Crippen LogP contribution in [0, 0.1) is 6.92 Å². The monoisotopic (exact) mass is 154 g/mol. The molecule has 1 aromatic rings. The number of nitrogens with zero attached hydrogens (tertiary/aromatic N) is 1. The van der Waals surface area contributed by atoms with Crippen LogP contribution in [0.5, 0.6) is 0 Å². The van der Waals surface area contributed by atoms with Gasteiger partial charge in [-0.1, -0.05) is 13.3 Å². The van der Waals surface area contributed by atoms with Crippen molar-refractivity contribution >= 4 is 0 Å². The van der Waals surface area contributed by atoms with Gasteiger partial charge in [0.25, 0.3) is 0 Å². The maximum Gasteiger partial charge on any atom is 0.325 e. The molecule has 0 saturated carbocycles. The first kappa shape index (κ1) is 8.11. The second-order valence-corrected chi connectivity index (χ2v) is 2.79. The molecule has 0 aliphatic carbocycles. The SMILES string of the molecule is CCCCn1cc(C)[nH]c1=O. The van der Waals surface area contributed by atoms with Crippen molar-refractivity contribution in [3.05, 3.63) is 22.4 Å². The molecule has 0 aromatic carbocycles. The van der Waals surface area contributed by atoms with Gasteiger partial charge in [-0.15, -0.1) is 0 Å². The zero-order valence-electron chi connectivity index (χ0n) is 7.05. The van der Waals surface area contributed by atoms with E-state index in [1.807, 2.05) is 13.1 Å². The molecule has 3 nitrogen and oxygen atoms in total. The molecule has 1 N–H and O–H groups in total. The van der Waals surface area contributed by atoms with Crippen molar-refractivity contribution in [2.75, 3.05) is 0 Å². The average Bonchev–Trinajstić information content (AvgIpc) is 2.26. The van der Waals surface area contributed by atoms with Crippen molar-refractivity contribution in [3.63, 3.8) is 0 Å². The molecule has 0 radical (unpaired) electrons. The second kappa shape index (κ2) is 3.42. The minimum Gasteiger partial charge on any atom is -0.310 e. The lowest BCUT2D eigenvalue weighted by Gasteiger charge is -1.95. The average molecular weight is 154 g/mol. The highest BCUT2D eigenvalue weighted by atomic mass is 16.1. The van der Waals surface area contributed by atoms with Gasteiger partial charge in [-0.05, 0) is 13.3 Å². The van der Waals surface area contributed by atoms with Crippen molar-refractivity contribution in [2.24, 2.45) is 0 Å². The lowest BCUT2D eigenvalue weighted by molar-refractivity contribution is 0.615. The Bertz CT molecular complexity index is 272. The Morgan fingerprint density at radius 2 is 2.36 bits per heavy atom. The second-order valence-electron chi connectivity index (χ2n) is 2.79. The van der Waals surface area contributed by atoms with E-state index in [0.29, 0.717) is 0 Å². The van der Waals surface area contributed by atoms with Crippen LogP contribution in [-0.2, 0) is 6.54 Å². The summed E-state index contributed by atoms with van der Waals surface area (Å²) >= 11 is 0. The van der Waals surface area contributed by atoms with E-state index in [-0.39, 0.29) is 5.69 Å². The number of hydrogen-bond acceptors (Lipinski definition) is 1. The van der Waals surface area contributed by atoms with Crippen LogP contribution in [0.15, 0.2) is 11.0 Å². The number of rotatable bonds is 3. The maximum atomic E-state index is 11.1. The van der Waals surface area contributed by atoms with Crippen molar-refractivity contribution < 1.29 is 0 Å². The van der Waals surface area contributed by atoms with Crippen LogP contribution in [0.25, 0.3) is 0 Å². The number of nitrogens with one attached hydrogen (secondary N) is 1. The Balaban J connectivity index is 2.70. The molecule has 0 amide bonds. The normalized spacial score (nSPS) is 10.4. The van der Waals surface area contributed by atoms with E-state index in [9.17, 15) is 4.79 Å². The first-order chi connectivity index (χ1) is 5.24. The van der Waals surface area contributed by atoms with Crippen molar-refractivity contribution in [2.45, 2.75) is 33.2 Å². The van der Waals surface area contributed by atoms with Crippen molar-refractivity contribution in [3.8, 4) is 0 Å². The maximum absolute atomic E-state index is 11.1. The molecular formula is C8H14N2O. The van der Waals surface area contributed by atoms with E-state index < -0.39 is 0 Å². The Hall–Kier alpha value is -0.990. The van der Waals surface area contributed by atoms with E-state index in [2.05, 4.69) is 11.9 Å². The molecule has 1 heterocycles. The molecule has 0 bridgehead atoms. The third-order valence-electron chi connectivity index (χ3n) is 1.67. The molecule has 0 atom stereocenters. The largest absolute Gasteiger partial charge is 0.325 e. The van der Waals surface area contributed by atoms with Gasteiger partial charge in [-0.2, -0.15) is 0 Å². The van der Waals surface area contributed by atoms with E-state index >= 15 is 0 Å².